The summed E-state index contributed by atoms with van der Waals surface area (Å²) in [5.41, 5.74) is 7.08. The summed E-state index contributed by atoms with van der Waals surface area (Å²) in [5, 5.41) is 3.50. The van der Waals surface area contributed by atoms with Crippen LogP contribution in [0.1, 0.15) is 10.5 Å². The standard InChI is InChI=1S/C14H14ClN3O3/c1-20-12-7-8(3-4-9(12)15)17-13-10(16)5-6-11(18-13)14(19)21-2/h3-7H,16H2,1-2H3,(H,17,18). The molecule has 21 heavy (non-hydrogen) atoms. The molecule has 110 valence electrons. The molecule has 1 aromatic carbocycles. The van der Waals surface area contributed by atoms with E-state index in [4.69, 9.17) is 22.1 Å². The minimum absolute atomic E-state index is 0.162. The minimum Gasteiger partial charge on any atom is -0.495 e. The lowest BCUT2D eigenvalue weighted by Gasteiger charge is -2.11. The van der Waals surface area contributed by atoms with E-state index in [1.165, 1.54) is 20.3 Å². The van der Waals surface area contributed by atoms with Gasteiger partial charge in [0.05, 0.1) is 24.9 Å². The van der Waals surface area contributed by atoms with Crippen molar-refractivity contribution in [2.24, 2.45) is 0 Å². The Morgan fingerprint density at radius 1 is 1.29 bits per heavy atom. The molecular formula is C14H14ClN3O3. The number of nitrogen functional groups attached to an aromatic ring is 1. The van der Waals surface area contributed by atoms with Crippen molar-refractivity contribution in [3.05, 3.63) is 41.0 Å². The van der Waals surface area contributed by atoms with E-state index in [9.17, 15) is 4.79 Å². The summed E-state index contributed by atoms with van der Waals surface area (Å²) in [5.74, 6) is 0.332. The highest BCUT2D eigenvalue weighted by atomic mass is 35.5. The van der Waals surface area contributed by atoms with Crippen LogP contribution in [0.25, 0.3) is 0 Å². The van der Waals surface area contributed by atoms with Crippen molar-refractivity contribution < 1.29 is 14.3 Å². The first-order valence-electron chi connectivity index (χ1n) is 6.00. The largest absolute Gasteiger partial charge is 0.495 e. The topological polar surface area (TPSA) is 86.5 Å². The smallest absolute Gasteiger partial charge is 0.356 e. The van der Waals surface area contributed by atoms with Crippen LogP contribution in [0.5, 0.6) is 5.75 Å². The Hall–Kier alpha value is -2.47. The average Bonchev–Trinajstić information content (AvgIpc) is 2.50. The van der Waals surface area contributed by atoms with Gasteiger partial charge in [0.25, 0.3) is 0 Å². The number of hydrogen-bond donors (Lipinski definition) is 2. The molecule has 0 saturated carbocycles. The molecule has 2 aromatic rings. The number of rotatable bonds is 4. The maximum absolute atomic E-state index is 11.5. The molecule has 0 aliphatic rings. The number of benzene rings is 1. The van der Waals surface area contributed by atoms with Crippen LogP contribution in [0.4, 0.5) is 17.2 Å². The van der Waals surface area contributed by atoms with Crippen molar-refractivity contribution in [2.45, 2.75) is 0 Å². The molecule has 2 rings (SSSR count). The number of anilines is 3. The Labute approximate surface area is 126 Å². The van der Waals surface area contributed by atoms with Crippen LogP contribution < -0.4 is 15.8 Å². The van der Waals surface area contributed by atoms with Crippen molar-refractivity contribution in [3.63, 3.8) is 0 Å². The number of nitrogens with two attached hydrogens (primary N) is 1. The van der Waals surface area contributed by atoms with Crippen LogP contribution in [0.15, 0.2) is 30.3 Å². The average molecular weight is 308 g/mol. The highest BCUT2D eigenvalue weighted by Crippen LogP contribution is 2.29. The lowest BCUT2D eigenvalue weighted by molar-refractivity contribution is 0.0594. The van der Waals surface area contributed by atoms with E-state index in [0.717, 1.165) is 0 Å². The third kappa shape index (κ3) is 3.35. The first-order valence-corrected chi connectivity index (χ1v) is 6.38. The van der Waals surface area contributed by atoms with Gasteiger partial charge in [0.15, 0.2) is 11.5 Å². The Morgan fingerprint density at radius 3 is 2.71 bits per heavy atom. The first kappa shape index (κ1) is 14.9. The fraction of sp³-hybridized carbons (Fsp3) is 0.143. The van der Waals surface area contributed by atoms with Gasteiger partial charge in [0.1, 0.15) is 5.75 Å². The van der Waals surface area contributed by atoms with Crippen molar-refractivity contribution in [2.75, 3.05) is 25.3 Å². The van der Waals surface area contributed by atoms with Crippen molar-refractivity contribution in [1.29, 1.82) is 0 Å². The Balaban J connectivity index is 2.32. The molecular weight excluding hydrogens is 294 g/mol. The summed E-state index contributed by atoms with van der Waals surface area (Å²) in [7, 11) is 2.81. The van der Waals surface area contributed by atoms with E-state index in [-0.39, 0.29) is 5.69 Å². The summed E-state index contributed by atoms with van der Waals surface area (Å²) in [4.78, 5) is 15.6. The van der Waals surface area contributed by atoms with E-state index < -0.39 is 5.97 Å². The number of aromatic nitrogens is 1. The first-order chi connectivity index (χ1) is 10.0. The molecule has 7 heteroatoms. The molecule has 6 nitrogen and oxygen atoms in total. The second-order valence-corrected chi connectivity index (χ2v) is 4.51. The summed E-state index contributed by atoms with van der Waals surface area (Å²) in [6.07, 6.45) is 0. The van der Waals surface area contributed by atoms with Crippen LogP contribution >= 0.6 is 11.6 Å². The number of nitrogens with one attached hydrogen (secondary N) is 1. The molecule has 0 bridgehead atoms. The van der Waals surface area contributed by atoms with Crippen molar-refractivity contribution in [3.8, 4) is 5.75 Å². The third-order valence-electron chi connectivity index (χ3n) is 2.73. The van der Waals surface area contributed by atoms with Gasteiger partial charge in [-0.1, -0.05) is 11.6 Å². The summed E-state index contributed by atoms with van der Waals surface area (Å²) in [6, 6.07) is 8.21. The maximum atomic E-state index is 11.5. The molecule has 3 N–H and O–H groups in total. The second-order valence-electron chi connectivity index (χ2n) is 4.10. The number of pyridine rings is 1. The van der Waals surface area contributed by atoms with E-state index in [1.807, 2.05) is 0 Å². The number of hydrogen-bond acceptors (Lipinski definition) is 6. The number of esters is 1. The zero-order valence-corrected chi connectivity index (χ0v) is 12.3. The SMILES string of the molecule is COC(=O)c1ccc(N)c(Nc2ccc(Cl)c(OC)c2)n1. The molecule has 0 aliphatic heterocycles. The number of nitrogens with zero attached hydrogens (tertiary/aromatic N) is 1. The normalized spacial score (nSPS) is 10.0. The summed E-state index contributed by atoms with van der Waals surface area (Å²) >= 11 is 5.96. The molecule has 1 aromatic heterocycles. The van der Waals surface area contributed by atoms with Crippen LogP contribution in [0, 0.1) is 0 Å². The second kappa shape index (κ2) is 6.32. The lowest BCUT2D eigenvalue weighted by atomic mass is 10.2. The molecule has 0 fully saturated rings. The van der Waals surface area contributed by atoms with Crippen molar-refractivity contribution in [1.82, 2.24) is 4.98 Å². The number of methoxy groups -OCH3 is 2. The number of carbonyl (C=O) groups excluding carboxylic acids is 1. The molecule has 0 saturated heterocycles. The third-order valence-corrected chi connectivity index (χ3v) is 3.05. The molecule has 0 atom stereocenters. The predicted molar refractivity (Wildman–Crippen MR) is 81.3 cm³/mol. The van der Waals surface area contributed by atoms with E-state index in [2.05, 4.69) is 15.0 Å². The fourth-order valence-electron chi connectivity index (χ4n) is 1.66. The highest BCUT2D eigenvalue weighted by molar-refractivity contribution is 6.32. The van der Waals surface area contributed by atoms with Gasteiger partial charge in [-0.25, -0.2) is 9.78 Å². The predicted octanol–water partition coefficient (Wildman–Crippen LogP) is 2.86. The van der Waals surface area contributed by atoms with Gasteiger partial charge >= 0.3 is 5.97 Å². The van der Waals surface area contributed by atoms with Gasteiger partial charge in [0, 0.05) is 11.8 Å². The number of carbonyl (C=O) groups is 1. The molecule has 1 heterocycles. The van der Waals surface area contributed by atoms with Gasteiger partial charge < -0.3 is 20.5 Å². The van der Waals surface area contributed by atoms with Crippen LogP contribution in [-0.2, 0) is 4.74 Å². The van der Waals surface area contributed by atoms with E-state index >= 15 is 0 Å². The highest BCUT2D eigenvalue weighted by Gasteiger charge is 2.11. The summed E-state index contributed by atoms with van der Waals surface area (Å²) in [6.45, 7) is 0. The van der Waals surface area contributed by atoms with Gasteiger partial charge in [-0.2, -0.15) is 0 Å². The molecule has 0 radical (unpaired) electrons. The monoisotopic (exact) mass is 307 g/mol. The molecule has 0 spiro atoms. The molecule has 0 unspecified atom stereocenters. The van der Waals surface area contributed by atoms with Gasteiger partial charge in [0.2, 0.25) is 0 Å². The van der Waals surface area contributed by atoms with E-state index in [1.54, 1.807) is 24.3 Å². The number of ether oxygens (including phenoxy) is 2. The van der Waals surface area contributed by atoms with Crippen LogP contribution in [-0.4, -0.2) is 25.2 Å². The Bertz CT molecular complexity index is 677. The molecule has 0 aliphatic carbocycles. The lowest BCUT2D eigenvalue weighted by Crippen LogP contribution is -2.08. The zero-order chi connectivity index (χ0) is 15.4. The summed E-state index contributed by atoms with van der Waals surface area (Å²) < 4.78 is 9.76. The fourth-order valence-corrected chi connectivity index (χ4v) is 1.86. The van der Waals surface area contributed by atoms with E-state index in [0.29, 0.717) is 28.0 Å². The Morgan fingerprint density at radius 2 is 2.05 bits per heavy atom. The minimum atomic E-state index is -0.535. The van der Waals surface area contributed by atoms with Crippen molar-refractivity contribution >= 4 is 34.8 Å². The van der Waals surface area contributed by atoms with Gasteiger partial charge in [-0.3, -0.25) is 0 Å². The van der Waals surface area contributed by atoms with Gasteiger partial charge in [-0.15, -0.1) is 0 Å². The van der Waals surface area contributed by atoms with Gasteiger partial charge in [-0.05, 0) is 24.3 Å². The maximum Gasteiger partial charge on any atom is 0.356 e. The van der Waals surface area contributed by atoms with Crippen LogP contribution in [0.2, 0.25) is 5.02 Å². The molecule has 0 amide bonds. The zero-order valence-electron chi connectivity index (χ0n) is 11.5. The number of halogens is 1. The Kier molecular flexibility index (Phi) is 4.49. The quantitative estimate of drug-likeness (QED) is 0.845. The van der Waals surface area contributed by atoms with Crippen LogP contribution in [0.3, 0.4) is 0 Å².